The van der Waals surface area contributed by atoms with Gasteiger partial charge >= 0.3 is 83.0 Å². The molecule has 0 radical (unpaired) electrons. The Labute approximate surface area is 223 Å². The molecule has 2 N–H and O–H groups in total. The molecule has 0 saturated heterocycles. The van der Waals surface area contributed by atoms with Crippen LogP contribution in [0.5, 0.6) is 0 Å². The van der Waals surface area contributed by atoms with E-state index in [1.54, 1.807) is 0 Å². The zero-order chi connectivity index (χ0) is 16.6. The minimum atomic E-state index is -4.22. The molecule has 0 heterocycles. The minimum Gasteiger partial charge on any atom is -2.00 e. The molecule has 27 heavy (non-hydrogen) atoms. The Balaban J connectivity index is -0.000000101. The molecule has 0 aliphatic heterocycles. The third kappa shape index (κ3) is 24.6. The van der Waals surface area contributed by atoms with Crippen molar-refractivity contribution in [2.75, 3.05) is 0 Å². The fourth-order valence-corrected chi connectivity index (χ4v) is 4.14. The second kappa shape index (κ2) is 20.4. The van der Waals surface area contributed by atoms with Gasteiger partial charge < -0.3 is 20.1 Å². The second-order valence-corrected chi connectivity index (χ2v) is 8.10. The summed E-state index contributed by atoms with van der Waals surface area (Å²) in [7, 11) is -8.45. The molecular weight excluding hydrogens is 966 g/mol. The van der Waals surface area contributed by atoms with Gasteiger partial charge in [-0.15, -0.1) is 0 Å². The first-order valence-corrected chi connectivity index (χ1v) is 10.4. The summed E-state index contributed by atoms with van der Waals surface area (Å²) in [4.78, 5) is 0. The van der Waals surface area contributed by atoms with E-state index in [0.717, 1.165) is 64.2 Å². The van der Waals surface area contributed by atoms with E-state index in [1.807, 2.05) is 0 Å². The van der Waals surface area contributed by atoms with Gasteiger partial charge in [0.15, 0.2) is 20.6 Å². The summed E-state index contributed by atoms with van der Waals surface area (Å²) in [6.45, 7) is 0. The Morgan fingerprint density at radius 1 is 0.556 bits per heavy atom. The maximum Gasteiger partial charge on any atom is 2.00 e. The van der Waals surface area contributed by atoms with Gasteiger partial charge in [-0.3, -0.25) is 0 Å². The van der Waals surface area contributed by atoms with Crippen molar-refractivity contribution in [1.29, 1.82) is 0 Å². The van der Waals surface area contributed by atoms with Crippen LogP contribution in [0, 0.1) is 0 Å². The van der Waals surface area contributed by atoms with Crippen LogP contribution in [0.25, 0.3) is 0 Å². The van der Waals surface area contributed by atoms with Crippen LogP contribution >= 0.6 is 0 Å². The van der Waals surface area contributed by atoms with E-state index in [-0.39, 0.29) is 106 Å². The minimum absolute atomic E-state index is 0. The number of hydrogen-bond donors (Lipinski definition) is 2. The van der Waals surface area contributed by atoms with Crippen LogP contribution in [-0.4, -0.2) is 38.0 Å². The number of nitrogens with one attached hydrogen (secondary N) is 2. The summed E-state index contributed by atoms with van der Waals surface area (Å²) >= 11 is 0. The summed E-state index contributed by atoms with van der Waals surface area (Å²) in [5.41, 5.74) is 0. The zero-order valence-electron chi connectivity index (χ0n) is 15.4. The molecule has 0 aromatic heterocycles. The van der Waals surface area contributed by atoms with Gasteiger partial charge in [-0.05, 0) is 25.7 Å². The standard InChI is InChI=1S/2C6H13NO3S.3Hg.2O/c2*8-11(9,10)7-6-4-2-1-3-5-6;;;;;/h2*6-7H,1-5H2,(H,8,9,10);;;;;/q;;3*+2;2*-2/p-2. The van der Waals surface area contributed by atoms with E-state index >= 15 is 0 Å². The smallest absolute Gasteiger partial charge is 2.00 e. The van der Waals surface area contributed by atoms with Crippen LogP contribution in [0.3, 0.4) is 0 Å². The van der Waals surface area contributed by atoms with Crippen LogP contribution in [0.1, 0.15) is 64.2 Å². The molecule has 2 saturated carbocycles. The fourth-order valence-electron chi connectivity index (χ4n) is 2.85. The summed E-state index contributed by atoms with van der Waals surface area (Å²) < 4.78 is 65.5. The molecule has 15 heteroatoms. The van der Waals surface area contributed by atoms with E-state index in [9.17, 15) is 25.9 Å². The maximum atomic E-state index is 10.2. The number of rotatable bonds is 4. The summed E-state index contributed by atoms with van der Waals surface area (Å²) in [5, 5.41) is 0. The average Bonchev–Trinajstić information content (AvgIpc) is 2.38. The predicted molar refractivity (Wildman–Crippen MR) is 80.8 cm³/mol. The topological polar surface area (TPSA) is 195 Å². The van der Waals surface area contributed by atoms with Crippen molar-refractivity contribution in [1.82, 2.24) is 9.44 Å². The molecule has 2 fully saturated rings. The van der Waals surface area contributed by atoms with Crippen LogP contribution in [-0.2, 0) is 115 Å². The molecule has 10 nitrogen and oxygen atoms in total. The second-order valence-electron chi connectivity index (χ2n) is 5.81. The average molecular weight is 990 g/mol. The molecular formula is C12H24Hg3N2O8S2. The molecule has 0 aromatic rings. The van der Waals surface area contributed by atoms with Crippen LogP contribution in [0.2, 0.25) is 0 Å². The van der Waals surface area contributed by atoms with E-state index in [0.29, 0.717) is 0 Å². The van der Waals surface area contributed by atoms with Gasteiger partial charge in [-0.2, -0.15) is 0 Å². The van der Waals surface area contributed by atoms with Crippen molar-refractivity contribution in [3.8, 4) is 0 Å². The zero-order valence-corrected chi connectivity index (χ0v) is 33.6. The third-order valence-corrected chi connectivity index (χ3v) is 5.08. The van der Waals surface area contributed by atoms with Crippen molar-refractivity contribution in [2.24, 2.45) is 0 Å². The van der Waals surface area contributed by atoms with Crippen molar-refractivity contribution in [3.63, 3.8) is 0 Å². The first-order chi connectivity index (χ1) is 10.2. The van der Waals surface area contributed by atoms with E-state index < -0.39 is 20.6 Å². The first-order valence-electron chi connectivity index (χ1n) is 7.62. The SMILES string of the molecule is O=S(=O)([O-])NC1CCCCC1.O=S(=O)([O-])NC1CCCCC1.[Hg+2].[Hg+2].[Hg+2].[O-2].[O-2]. The summed E-state index contributed by atoms with van der Waals surface area (Å²) in [6.07, 6.45) is 9.61. The molecule has 0 unspecified atom stereocenters. The number of hydrogen-bond acceptors (Lipinski definition) is 6. The Hall–Kier alpha value is 2.47. The van der Waals surface area contributed by atoms with Gasteiger partial charge in [-0.1, -0.05) is 38.5 Å². The Kier molecular flexibility index (Phi) is 30.1. The molecule has 0 amide bonds. The monoisotopic (exact) mass is 994 g/mol. The quantitative estimate of drug-likeness (QED) is 0.304. The van der Waals surface area contributed by atoms with E-state index in [1.165, 1.54) is 0 Å². The summed E-state index contributed by atoms with van der Waals surface area (Å²) in [6, 6.07) is -0.211. The van der Waals surface area contributed by atoms with Gasteiger partial charge in [-0.25, -0.2) is 26.3 Å². The van der Waals surface area contributed by atoms with E-state index in [2.05, 4.69) is 9.44 Å². The summed E-state index contributed by atoms with van der Waals surface area (Å²) in [5.74, 6) is 0. The molecule has 148 valence electrons. The molecule has 0 spiro atoms. The van der Waals surface area contributed by atoms with Crippen LogP contribution in [0.15, 0.2) is 0 Å². The van der Waals surface area contributed by atoms with Gasteiger partial charge in [0.25, 0.3) is 0 Å². The maximum absolute atomic E-state index is 10.2. The van der Waals surface area contributed by atoms with Gasteiger partial charge in [0.2, 0.25) is 0 Å². The van der Waals surface area contributed by atoms with Crippen molar-refractivity contribution >= 4 is 20.6 Å². The van der Waals surface area contributed by atoms with Gasteiger partial charge in [0, 0.05) is 12.1 Å². The predicted octanol–water partition coefficient (Wildman–Crippen LogP) is 0.493. The molecule has 2 aliphatic carbocycles. The fraction of sp³-hybridized carbons (Fsp3) is 1.00. The molecule has 2 aliphatic rings. The van der Waals surface area contributed by atoms with Crippen molar-refractivity contribution in [3.05, 3.63) is 0 Å². The normalized spacial score (nSPS) is 17.9. The van der Waals surface area contributed by atoms with E-state index in [4.69, 9.17) is 0 Å². The third-order valence-electron chi connectivity index (χ3n) is 3.83. The molecule has 0 aromatic carbocycles. The molecule has 2 rings (SSSR count). The largest absolute Gasteiger partial charge is 2.00 e. The molecule has 0 bridgehead atoms. The Morgan fingerprint density at radius 3 is 0.963 bits per heavy atom. The van der Waals surface area contributed by atoms with Gasteiger partial charge in [0.05, 0.1) is 0 Å². The first kappa shape index (κ1) is 39.9. The van der Waals surface area contributed by atoms with Crippen LogP contribution in [0.4, 0.5) is 0 Å². The Morgan fingerprint density at radius 2 is 0.778 bits per heavy atom. The van der Waals surface area contributed by atoms with Crippen molar-refractivity contribution in [2.45, 2.75) is 76.3 Å². The van der Waals surface area contributed by atoms with Crippen LogP contribution < -0.4 is 9.44 Å². The van der Waals surface area contributed by atoms with Gasteiger partial charge in [0.1, 0.15) is 0 Å². The van der Waals surface area contributed by atoms with Crippen molar-refractivity contribution < 1.29 is 120 Å². The Bertz CT molecular complexity index is 477. The molecule has 0 atom stereocenters.